The second kappa shape index (κ2) is 5.90. The number of nitrogens with zero attached hydrogens (tertiary/aromatic N) is 1. The lowest BCUT2D eigenvalue weighted by molar-refractivity contribution is -0.126. The molecule has 0 aromatic heterocycles. The standard InChI is InChI=1S/C13H19N3O4S/c1-3-10-13(17)15-6-7-16(10)21(18,19)12-5-4-9(14)8-11(12)20-2/h4-5,8,10H,3,6-7,14H2,1-2H3,(H,15,17). The fourth-order valence-corrected chi connectivity index (χ4v) is 4.19. The summed E-state index contributed by atoms with van der Waals surface area (Å²) in [6.45, 7) is 2.31. The predicted molar refractivity (Wildman–Crippen MR) is 78.4 cm³/mol. The van der Waals surface area contributed by atoms with Crippen molar-refractivity contribution < 1.29 is 17.9 Å². The highest BCUT2D eigenvalue weighted by molar-refractivity contribution is 7.89. The van der Waals surface area contributed by atoms with E-state index in [0.29, 0.717) is 18.7 Å². The first-order chi connectivity index (χ1) is 9.91. The fourth-order valence-electron chi connectivity index (χ4n) is 2.39. The Morgan fingerprint density at radius 3 is 2.81 bits per heavy atom. The molecule has 0 bridgehead atoms. The maximum atomic E-state index is 12.8. The smallest absolute Gasteiger partial charge is 0.247 e. The minimum Gasteiger partial charge on any atom is -0.495 e. The molecule has 1 aromatic carbocycles. The number of hydrogen-bond acceptors (Lipinski definition) is 5. The van der Waals surface area contributed by atoms with Crippen molar-refractivity contribution in [2.45, 2.75) is 24.3 Å². The first kappa shape index (κ1) is 15.6. The normalized spacial score (nSPS) is 20.1. The molecule has 1 aliphatic heterocycles. The molecule has 0 radical (unpaired) electrons. The third-order valence-electron chi connectivity index (χ3n) is 3.44. The third kappa shape index (κ3) is 2.81. The topological polar surface area (TPSA) is 102 Å². The Balaban J connectivity index is 2.48. The van der Waals surface area contributed by atoms with Gasteiger partial charge in [-0.3, -0.25) is 4.79 Å². The summed E-state index contributed by atoms with van der Waals surface area (Å²) in [7, 11) is -2.44. The van der Waals surface area contributed by atoms with Crippen LogP contribution in [-0.2, 0) is 14.8 Å². The van der Waals surface area contributed by atoms with Crippen LogP contribution < -0.4 is 15.8 Å². The van der Waals surface area contributed by atoms with E-state index in [2.05, 4.69) is 5.32 Å². The average molecular weight is 313 g/mol. The summed E-state index contributed by atoms with van der Waals surface area (Å²) in [6.07, 6.45) is 0.405. The van der Waals surface area contributed by atoms with Crippen LogP contribution in [0.3, 0.4) is 0 Å². The van der Waals surface area contributed by atoms with Crippen LogP contribution >= 0.6 is 0 Å². The zero-order valence-electron chi connectivity index (χ0n) is 12.0. The maximum Gasteiger partial charge on any atom is 0.247 e. The molecule has 1 saturated heterocycles. The number of anilines is 1. The van der Waals surface area contributed by atoms with Gasteiger partial charge in [-0.15, -0.1) is 0 Å². The molecular formula is C13H19N3O4S. The number of carbonyl (C=O) groups is 1. The number of carbonyl (C=O) groups excluding carboxylic acids is 1. The van der Waals surface area contributed by atoms with Gasteiger partial charge in [-0.05, 0) is 18.6 Å². The molecule has 7 nitrogen and oxygen atoms in total. The Morgan fingerprint density at radius 2 is 2.19 bits per heavy atom. The van der Waals surface area contributed by atoms with Crippen molar-refractivity contribution in [3.63, 3.8) is 0 Å². The summed E-state index contributed by atoms with van der Waals surface area (Å²) in [6, 6.07) is 3.66. The van der Waals surface area contributed by atoms with Gasteiger partial charge in [0.25, 0.3) is 0 Å². The van der Waals surface area contributed by atoms with Crippen molar-refractivity contribution in [2.24, 2.45) is 0 Å². The van der Waals surface area contributed by atoms with E-state index >= 15 is 0 Å². The molecule has 21 heavy (non-hydrogen) atoms. The van der Waals surface area contributed by atoms with Gasteiger partial charge >= 0.3 is 0 Å². The summed E-state index contributed by atoms with van der Waals surface area (Å²) < 4.78 is 32.0. The predicted octanol–water partition coefficient (Wildman–Crippen LogP) is 0.177. The van der Waals surface area contributed by atoms with Crippen LogP contribution in [0.5, 0.6) is 5.75 Å². The van der Waals surface area contributed by atoms with Crippen LogP contribution in [0, 0.1) is 0 Å². The number of sulfonamides is 1. The SMILES string of the molecule is CCC1C(=O)NCCN1S(=O)(=O)c1ccc(N)cc1OC. The lowest BCUT2D eigenvalue weighted by atomic mass is 10.2. The molecule has 1 unspecified atom stereocenters. The van der Waals surface area contributed by atoms with Gasteiger partial charge < -0.3 is 15.8 Å². The van der Waals surface area contributed by atoms with Crippen molar-refractivity contribution in [1.82, 2.24) is 9.62 Å². The van der Waals surface area contributed by atoms with Gasteiger partial charge in [0.05, 0.1) is 7.11 Å². The van der Waals surface area contributed by atoms with Gasteiger partial charge in [-0.2, -0.15) is 4.31 Å². The zero-order chi connectivity index (χ0) is 15.6. The van der Waals surface area contributed by atoms with E-state index in [-0.39, 0.29) is 23.1 Å². The zero-order valence-corrected chi connectivity index (χ0v) is 12.8. The number of methoxy groups -OCH3 is 1. The number of ether oxygens (including phenoxy) is 1. The van der Waals surface area contributed by atoms with E-state index in [1.165, 1.54) is 29.6 Å². The number of piperazine rings is 1. The molecule has 1 atom stereocenters. The van der Waals surface area contributed by atoms with E-state index in [1.54, 1.807) is 6.92 Å². The monoisotopic (exact) mass is 313 g/mol. The highest BCUT2D eigenvalue weighted by Crippen LogP contribution is 2.30. The van der Waals surface area contributed by atoms with Gasteiger partial charge in [0.2, 0.25) is 15.9 Å². The van der Waals surface area contributed by atoms with Crippen LogP contribution in [0.15, 0.2) is 23.1 Å². The number of benzene rings is 1. The Bertz CT molecular complexity index is 645. The van der Waals surface area contributed by atoms with Gasteiger partial charge in [0, 0.05) is 24.8 Å². The lowest BCUT2D eigenvalue weighted by Gasteiger charge is -2.33. The molecule has 0 spiro atoms. The number of nitrogen functional groups attached to an aromatic ring is 1. The molecule has 1 amide bonds. The summed E-state index contributed by atoms with van der Waals surface area (Å²) in [4.78, 5) is 11.9. The van der Waals surface area contributed by atoms with E-state index in [1.807, 2.05) is 0 Å². The molecule has 2 rings (SSSR count). The van der Waals surface area contributed by atoms with Crippen molar-refractivity contribution in [2.75, 3.05) is 25.9 Å². The highest BCUT2D eigenvalue weighted by atomic mass is 32.2. The lowest BCUT2D eigenvalue weighted by Crippen LogP contribution is -2.56. The van der Waals surface area contributed by atoms with Crippen LogP contribution in [-0.4, -0.2) is 44.9 Å². The van der Waals surface area contributed by atoms with Crippen LogP contribution in [0.4, 0.5) is 5.69 Å². The molecule has 1 heterocycles. The summed E-state index contributed by atoms with van der Waals surface area (Å²) >= 11 is 0. The van der Waals surface area contributed by atoms with Gasteiger partial charge in [0.1, 0.15) is 16.7 Å². The Kier molecular flexibility index (Phi) is 4.38. The summed E-state index contributed by atoms with van der Waals surface area (Å²) in [5.41, 5.74) is 6.06. The van der Waals surface area contributed by atoms with E-state index < -0.39 is 16.1 Å². The molecule has 1 aliphatic rings. The minimum absolute atomic E-state index is 0.0207. The summed E-state index contributed by atoms with van der Waals surface area (Å²) in [5.74, 6) is -0.0995. The number of hydrogen-bond donors (Lipinski definition) is 2. The van der Waals surface area contributed by atoms with Crippen molar-refractivity contribution in [3.05, 3.63) is 18.2 Å². The Labute approximate surface area is 124 Å². The molecule has 0 saturated carbocycles. The highest BCUT2D eigenvalue weighted by Gasteiger charge is 2.38. The summed E-state index contributed by atoms with van der Waals surface area (Å²) in [5, 5.41) is 2.68. The van der Waals surface area contributed by atoms with Crippen LogP contribution in [0.25, 0.3) is 0 Å². The second-order valence-corrected chi connectivity index (χ2v) is 6.60. The second-order valence-electron chi connectivity index (χ2n) is 4.74. The first-order valence-electron chi connectivity index (χ1n) is 6.65. The van der Waals surface area contributed by atoms with Crippen molar-refractivity contribution in [3.8, 4) is 5.75 Å². The van der Waals surface area contributed by atoms with Crippen molar-refractivity contribution in [1.29, 1.82) is 0 Å². The molecule has 1 fully saturated rings. The first-order valence-corrected chi connectivity index (χ1v) is 8.09. The number of amides is 1. The average Bonchev–Trinajstić information content (AvgIpc) is 2.46. The largest absolute Gasteiger partial charge is 0.495 e. The number of nitrogens with one attached hydrogen (secondary N) is 1. The maximum absolute atomic E-state index is 12.8. The Morgan fingerprint density at radius 1 is 1.48 bits per heavy atom. The van der Waals surface area contributed by atoms with Crippen LogP contribution in [0.1, 0.15) is 13.3 Å². The minimum atomic E-state index is -3.82. The molecule has 0 aliphatic carbocycles. The third-order valence-corrected chi connectivity index (χ3v) is 5.39. The van der Waals surface area contributed by atoms with E-state index in [4.69, 9.17) is 10.5 Å². The van der Waals surface area contributed by atoms with Gasteiger partial charge in [-0.1, -0.05) is 6.92 Å². The van der Waals surface area contributed by atoms with Crippen LogP contribution in [0.2, 0.25) is 0 Å². The molecule has 8 heteroatoms. The molecular weight excluding hydrogens is 294 g/mol. The fraction of sp³-hybridized carbons (Fsp3) is 0.462. The van der Waals surface area contributed by atoms with E-state index in [0.717, 1.165) is 0 Å². The molecule has 116 valence electrons. The van der Waals surface area contributed by atoms with E-state index in [9.17, 15) is 13.2 Å². The van der Waals surface area contributed by atoms with Gasteiger partial charge in [-0.25, -0.2) is 8.42 Å². The Hall–Kier alpha value is -1.80. The molecule has 1 aromatic rings. The molecule has 3 N–H and O–H groups in total. The number of rotatable bonds is 4. The number of nitrogens with two attached hydrogens (primary N) is 1. The quantitative estimate of drug-likeness (QED) is 0.772. The van der Waals surface area contributed by atoms with Gasteiger partial charge in [0.15, 0.2) is 0 Å². The van der Waals surface area contributed by atoms with Crippen molar-refractivity contribution >= 4 is 21.6 Å².